The fraction of sp³-hybridized carbons (Fsp3) is 0.391. The monoisotopic (exact) mass is 440 g/mol. The van der Waals surface area contributed by atoms with Crippen molar-refractivity contribution in [3.8, 4) is 0 Å². The third-order valence-electron chi connectivity index (χ3n) is 5.68. The number of carbonyl (C=O) groups excluding carboxylic acids is 1. The number of rotatable bonds is 6. The Morgan fingerprint density at radius 1 is 1.10 bits per heavy atom. The van der Waals surface area contributed by atoms with Gasteiger partial charge in [0.05, 0.1) is 15.9 Å². The molecule has 1 aromatic heterocycles. The van der Waals surface area contributed by atoms with Gasteiger partial charge >= 0.3 is 0 Å². The lowest BCUT2D eigenvalue weighted by Crippen LogP contribution is -2.32. The molecule has 0 saturated carbocycles. The number of amides is 1. The number of carbonyl (C=O) groups is 1. The van der Waals surface area contributed by atoms with Gasteiger partial charge in [-0.2, -0.15) is 4.31 Å². The topological polar surface area (TPSA) is 95.2 Å². The average Bonchev–Trinajstić information content (AvgIpc) is 2.96. The zero-order chi connectivity index (χ0) is 21.8. The molecule has 0 spiro atoms. The molecule has 0 unspecified atom stereocenters. The first-order valence-corrected chi connectivity index (χ1v) is 12.2. The molecular formula is C23H28N4O3S. The third kappa shape index (κ3) is 4.97. The van der Waals surface area contributed by atoms with E-state index in [1.54, 1.807) is 29.4 Å². The Labute approximate surface area is 182 Å². The van der Waals surface area contributed by atoms with Crippen LogP contribution in [0.1, 0.15) is 43.5 Å². The van der Waals surface area contributed by atoms with E-state index in [0.717, 1.165) is 42.5 Å². The molecule has 0 atom stereocenters. The maximum absolute atomic E-state index is 13.2. The molecule has 4 rings (SSSR count). The van der Waals surface area contributed by atoms with Crippen LogP contribution in [0.25, 0.3) is 11.0 Å². The molecule has 1 fully saturated rings. The van der Waals surface area contributed by atoms with Crippen LogP contribution in [-0.2, 0) is 21.2 Å². The number of nitrogens with one attached hydrogen (secondary N) is 2. The van der Waals surface area contributed by atoms with Gasteiger partial charge in [-0.05, 0) is 49.6 Å². The van der Waals surface area contributed by atoms with Crippen LogP contribution in [0.3, 0.4) is 0 Å². The molecular weight excluding hydrogens is 412 g/mol. The largest absolute Gasteiger partial charge is 0.342 e. The lowest BCUT2D eigenvalue weighted by atomic mass is 10.2. The Kier molecular flexibility index (Phi) is 6.38. The van der Waals surface area contributed by atoms with E-state index in [0.29, 0.717) is 30.8 Å². The molecule has 2 heterocycles. The summed E-state index contributed by atoms with van der Waals surface area (Å²) in [4.78, 5) is 20.5. The molecule has 0 radical (unpaired) electrons. The van der Waals surface area contributed by atoms with E-state index < -0.39 is 10.0 Å². The van der Waals surface area contributed by atoms with E-state index in [2.05, 4.69) is 15.3 Å². The molecule has 1 aliphatic rings. The molecule has 31 heavy (non-hydrogen) atoms. The number of nitrogens with zero attached hydrogens (tertiary/aromatic N) is 2. The van der Waals surface area contributed by atoms with E-state index in [1.807, 2.05) is 24.3 Å². The van der Waals surface area contributed by atoms with Crippen molar-refractivity contribution >= 4 is 32.7 Å². The fourth-order valence-corrected chi connectivity index (χ4v) is 5.72. The highest BCUT2D eigenvalue weighted by molar-refractivity contribution is 7.89. The number of sulfonamides is 1. The van der Waals surface area contributed by atoms with E-state index in [9.17, 15) is 13.2 Å². The zero-order valence-corrected chi connectivity index (χ0v) is 18.5. The molecule has 0 aliphatic carbocycles. The van der Waals surface area contributed by atoms with Gasteiger partial charge in [-0.3, -0.25) is 4.79 Å². The molecule has 8 heteroatoms. The number of hydrogen-bond acceptors (Lipinski definition) is 4. The predicted octanol–water partition coefficient (Wildman–Crippen LogP) is 4.01. The van der Waals surface area contributed by atoms with Gasteiger partial charge in [-0.15, -0.1) is 0 Å². The average molecular weight is 441 g/mol. The summed E-state index contributed by atoms with van der Waals surface area (Å²) in [7, 11) is -3.58. The van der Waals surface area contributed by atoms with E-state index >= 15 is 0 Å². The zero-order valence-electron chi connectivity index (χ0n) is 17.7. The summed E-state index contributed by atoms with van der Waals surface area (Å²) in [5, 5.41) is 2.84. The van der Waals surface area contributed by atoms with Gasteiger partial charge in [0.15, 0.2) is 0 Å². The number of aryl methyl sites for hydroxylation is 2. The predicted molar refractivity (Wildman–Crippen MR) is 121 cm³/mol. The first-order chi connectivity index (χ1) is 14.9. The maximum atomic E-state index is 13.2. The molecule has 3 aromatic rings. The summed E-state index contributed by atoms with van der Waals surface area (Å²) in [5.74, 6) is 0.576. The quantitative estimate of drug-likeness (QED) is 0.605. The highest BCUT2D eigenvalue weighted by atomic mass is 32.2. The van der Waals surface area contributed by atoms with Crippen molar-refractivity contribution in [2.24, 2.45) is 0 Å². The number of fused-ring (bicyclic) bond motifs is 1. The molecule has 164 valence electrons. The van der Waals surface area contributed by atoms with Crippen LogP contribution < -0.4 is 5.32 Å². The SMILES string of the molecule is Cc1ccc(NC(=O)CCc2nc3ccccc3[nH]2)cc1S(=O)(=O)N1CCCCCC1. The number of hydrogen-bond donors (Lipinski definition) is 2. The Morgan fingerprint density at radius 3 is 2.58 bits per heavy atom. The number of H-pyrrole nitrogens is 1. The number of anilines is 1. The third-order valence-corrected chi connectivity index (χ3v) is 7.72. The number of aromatic nitrogens is 2. The minimum absolute atomic E-state index is 0.178. The van der Waals surface area contributed by atoms with Crippen LogP contribution in [0.4, 0.5) is 5.69 Å². The van der Waals surface area contributed by atoms with Gasteiger partial charge in [-0.1, -0.05) is 31.0 Å². The van der Waals surface area contributed by atoms with Gasteiger partial charge in [0, 0.05) is 31.6 Å². The summed E-state index contributed by atoms with van der Waals surface area (Å²) in [5.41, 5.74) is 3.00. The van der Waals surface area contributed by atoms with Crippen LogP contribution in [0.2, 0.25) is 0 Å². The second-order valence-electron chi connectivity index (χ2n) is 8.05. The van der Waals surface area contributed by atoms with Crippen molar-refractivity contribution in [2.75, 3.05) is 18.4 Å². The Balaban J connectivity index is 1.44. The first kappa shape index (κ1) is 21.5. The van der Waals surface area contributed by atoms with Crippen molar-refractivity contribution in [3.05, 3.63) is 53.9 Å². The molecule has 0 bridgehead atoms. The number of imidazole rings is 1. The summed E-state index contributed by atoms with van der Waals surface area (Å²) in [6, 6.07) is 12.8. The second kappa shape index (κ2) is 9.20. The van der Waals surface area contributed by atoms with Crippen molar-refractivity contribution < 1.29 is 13.2 Å². The minimum Gasteiger partial charge on any atom is -0.342 e. The smallest absolute Gasteiger partial charge is 0.243 e. The molecule has 7 nitrogen and oxygen atoms in total. The highest BCUT2D eigenvalue weighted by Gasteiger charge is 2.27. The van der Waals surface area contributed by atoms with Crippen LogP contribution in [-0.4, -0.2) is 41.7 Å². The van der Waals surface area contributed by atoms with Crippen LogP contribution in [0, 0.1) is 6.92 Å². The van der Waals surface area contributed by atoms with Crippen LogP contribution in [0.15, 0.2) is 47.4 Å². The molecule has 1 saturated heterocycles. The van der Waals surface area contributed by atoms with Crippen molar-refractivity contribution in [1.29, 1.82) is 0 Å². The Hall–Kier alpha value is -2.71. The summed E-state index contributed by atoms with van der Waals surface area (Å²) < 4.78 is 28.0. The van der Waals surface area contributed by atoms with E-state index in [1.165, 1.54) is 0 Å². The first-order valence-electron chi connectivity index (χ1n) is 10.8. The van der Waals surface area contributed by atoms with Crippen LogP contribution >= 0.6 is 0 Å². The van der Waals surface area contributed by atoms with Crippen molar-refractivity contribution in [3.63, 3.8) is 0 Å². The lowest BCUT2D eigenvalue weighted by Gasteiger charge is -2.21. The maximum Gasteiger partial charge on any atom is 0.243 e. The van der Waals surface area contributed by atoms with E-state index in [4.69, 9.17) is 0 Å². The molecule has 1 amide bonds. The van der Waals surface area contributed by atoms with Gasteiger partial charge in [-0.25, -0.2) is 13.4 Å². The molecule has 2 aromatic carbocycles. The second-order valence-corrected chi connectivity index (χ2v) is 9.95. The van der Waals surface area contributed by atoms with Gasteiger partial charge in [0.1, 0.15) is 5.82 Å². The highest BCUT2D eigenvalue weighted by Crippen LogP contribution is 2.26. The minimum atomic E-state index is -3.58. The van der Waals surface area contributed by atoms with Crippen molar-refractivity contribution in [1.82, 2.24) is 14.3 Å². The van der Waals surface area contributed by atoms with Crippen LogP contribution in [0.5, 0.6) is 0 Å². The number of para-hydroxylation sites is 2. The normalized spacial score (nSPS) is 15.6. The van der Waals surface area contributed by atoms with Gasteiger partial charge in [0.2, 0.25) is 15.9 Å². The van der Waals surface area contributed by atoms with Gasteiger partial charge < -0.3 is 10.3 Å². The fourth-order valence-electron chi connectivity index (χ4n) is 3.96. The summed E-state index contributed by atoms with van der Waals surface area (Å²) >= 11 is 0. The van der Waals surface area contributed by atoms with Gasteiger partial charge in [0.25, 0.3) is 0 Å². The lowest BCUT2D eigenvalue weighted by molar-refractivity contribution is -0.116. The summed E-state index contributed by atoms with van der Waals surface area (Å²) in [6.45, 7) is 2.89. The standard InChI is InChI=1S/C23H28N4O3S/c1-17-10-11-18(16-21(17)31(29,30)27-14-6-2-3-7-15-27)24-23(28)13-12-22-25-19-8-4-5-9-20(19)26-22/h4-5,8-11,16H,2-3,6-7,12-15H2,1H3,(H,24,28)(H,25,26). The molecule has 1 aliphatic heterocycles. The Bertz CT molecular complexity index is 1150. The Morgan fingerprint density at radius 2 is 1.84 bits per heavy atom. The van der Waals surface area contributed by atoms with E-state index in [-0.39, 0.29) is 17.2 Å². The summed E-state index contributed by atoms with van der Waals surface area (Å²) in [6.07, 6.45) is 4.62. The number of benzene rings is 2. The number of aromatic amines is 1. The molecule has 2 N–H and O–H groups in total. The van der Waals surface area contributed by atoms with Crippen molar-refractivity contribution in [2.45, 2.75) is 50.3 Å².